The zero-order valence-electron chi connectivity index (χ0n) is 4.30. The van der Waals surface area contributed by atoms with Gasteiger partial charge in [-0.2, -0.15) is 4.98 Å². The minimum absolute atomic E-state index is 0.623. The molecule has 0 aromatic carbocycles. The molecule has 0 radical (unpaired) electrons. The minimum Gasteiger partial charge on any atom is -0.340 e. The Morgan fingerprint density at radius 1 is 1.43 bits per heavy atom. The Morgan fingerprint density at radius 3 is 2.29 bits per heavy atom. The maximum atomic E-state index is 4.60. The molecule has 1 aromatic rings. The third-order valence-corrected chi connectivity index (χ3v) is 0.629. The van der Waals surface area contributed by atoms with E-state index < -0.39 is 0 Å². The summed E-state index contributed by atoms with van der Waals surface area (Å²) in [6, 6.07) is 0. The number of aryl methyl sites for hydroxylation is 2. The Hall–Kier alpha value is -0.860. The second kappa shape index (κ2) is 1.33. The summed E-state index contributed by atoms with van der Waals surface area (Å²) >= 11 is 0. The molecule has 1 rings (SSSR count). The van der Waals surface area contributed by atoms with Crippen LogP contribution in [0.25, 0.3) is 0 Å². The van der Waals surface area contributed by atoms with Gasteiger partial charge in [0.1, 0.15) is 0 Å². The molecule has 1 heterocycles. The van der Waals surface area contributed by atoms with E-state index in [0.717, 1.165) is 0 Å². The van der Waals surface area contributed by atoms with E-state index >= 15 is 0 Å². The lowest BCUT2D eigenvalue weighted by atomic mass is 10.7. The van der Waals surface area contributed by atoms with E-state index in [1.165, 1.54) is 0 Å². The average Bonchev–Trinajstić information content (AvgIpc) is 1.87. The molecule has 0 aliphatic carbocycles. The van der Waals surface area contributed by atoms with Crippen molar-refractivity contribution in [3.63, 3.8) is 0 Å². The van der Waals surface area contributed by atoms with Gasteiger partial charge in [0, 0.05) is 6.92 Å². The van der Waals surface area contributed by atoms with E-state index in [4.69, 9.17) is 0 Å². The maximum Gasteiger partial charge on any atom is 0.223 e. The van der Waals surface area contributed by atoms with E-state index in [1.807, 2.05) is 0 Å². The van der Waals surface area contributed by atoms with Gasteiger partial charge in [0.25, 0.3) is 0 Å². The number of hydrogen-bond acceptors (Lipinski definition) is 3. The summed E-state index contributed by atoms with van der Waals surface area (Å²) in [5.74, 6) is 1.31. The van der Waals surface area contributed by atoms with Crippen LogP contribution in [0.3, 0.4) is 0 Å². The summed E-state index contributed by atoms with van der Waals surface area (Å²) in [4.78, 5) is 3.83. The zero-order valence-corrected chi connectivity index (χ0v) is 4.30. The highest BCUT2D eigenvalue weighted by molar-refractivity contribution is 4.77. The molecule has 38 valence electrons. The molecule has 0 saturated carbocycles. The molecule has 0 bridgehead atoms. The van der Waals surface area contributed by atoms with E-state index in [2.05, 4.69) is 14.7 Å². The molecular weight excluding hydrogens is 92.1 g/mol. The van der Waals surface area contributed by atoms with Gasteiger partial charge < -0.3 is 4.52 Å². The van der Waals surface area contributed by atoms with Crippen LogP contribution in [-0.4, -0.2) is 10.1 Å². The average molecular weight is 98.1 g/mol. The van der Waals surface area contributed by atoms with Crippen molar-refractivity contribution in [3.8, 4) is 0 Å². The molecule has 7 heavy (non-hydrogen) atoms. The van der Waals surface area contributed by atoms with Gasteiger partial charge in [-0.25, -0.2) is 0 Å². The largest absolute Gasteiger partial charge is 0.340 e. The summed E-state index contributed by atoms with van der Waals surface area (Å²) < 4.78 is 4.60. The van der Waals surface area contributed by atoms with Crippen molar-refractivity contribution in [2.75, 3.05) is 0 Å². The van der Waals surface area contributed by atoms with Gasteiger partial charge in [-0.3, -0.25) is 0 Å². The first-order chi connectivity index (χ1) is 3.29. The fourth-order valence-corrected chi connectivity index (χ4v) is 0.401. The lowest BCUT2D eigenvalue weighted by Gasteiger charge is -1.64. The molecule has 0 fully saturated rings. The summed E-state index contributed by atoms with van der Waals surface area (Å²) in [5.41, 5.74) is 0. The normalized spacial score (nSPS) is 9.43. The fraction of sp³-hybridized carbons (Fsp3) is 0.500. The Morgan fingerprint density at radius 2 is 2.14 bits per heavy atom. The molecule has 0 atom stereocenters. The highest BCUT2D eigenvalue weighted by atomic mass is 16.5. The van der Waals surface area contributed by atoms with E-state index in [-0.39, 0.29) is 0 Å². The molecule has 0 amide bonds. The Bertz CT molecular complexity index is 142. The third kappa shape index (κ3) is 0.765. The standard InChI is InChI=1S/C4H6N2O/c1-3-5-4(2)7-6-3/h1-2H3. The van der Waals surface area contributed by atoms with Crippen LogP contribution in [0, 0.1) is 13.8 Å². The van der Waals surface area contributed by atoms with Gasteiger partial charge in [-0.05, 0) is 6.92 Å². The molecular formula is C4H6N2O. The predicted octanol–water partition coefficient (Wildman–Crippen LogP) is 0.686. The number of nitrogens with zero attached hydrogens (tertiary/aromatic N) is 2. The Kier molecular flexibility index (Phi) is 0.817. The molecule has 3 heteroatoms. The van der Waals surface area contributed by atoms with Crippen molar-refractivity contribution >= 4 is 0 Å². The van der Waals surface area contributed by atoms with Crippen LogP contribution < -0.4 is 0 Å². The van der Waals surface area contributed by atoms with Crippen LogP contribution in [0.2, 0.25) is 0 Å². The highest BCUT2D eigenvalue weighted by Crippen LogP contribution is 1.89. The summed E-state index contributed by atoms with van der Waals surface area (Å²) in [6.45, 7) is 3.55. The van der Waals surface area contributed by atoms with Gasteiger partial charge in [-0.15, -0.1) is 0 Å². The predicted molar refractivity (Wildman–Crippen MR) is 23.8 cm³/mol. The first kappa shape index (κ1) is 4.30. The van der Waals surface area contributed by atoms with Crippen LogP contribution in [0.4, 0.5) is 0 Å². The number of rotatable bonds is 0. The maximum absolute atomic E-state index is 4.60. The lowest BCUT2D eigenvalue weighted by molar-refractivity contribution is 0.389. The minimum atomic E-state index is 0.623. The Labute approximate surface area is 41.3 Å². The van der Waals surface area contributed by atoms with E-state index in [1.54, 1.807) is 13.8 Å². The zero-order chi connectivity index (χ0) is 5.28. The quantitative estimate of drug-likeness (QED) is 0.479. The molecule has 0 unspecified atom stereocenters. The molecule has 0 aliphatic rings. The van der Waals surface area contributed by atoms with E-state index in [9.17, 15) is 0 Å². The van der Waals surface area contributed by atoms with Crippen molar-refractivity contribution in [1.82, 2.24) is 10.1 Å². The van der Waals surface area contributed by atoms with Crippen LogP contribution in [0.15, 0.2) is 4.52 Å². The molecule has 0 N–H and O–H groups in total. The fourth-order valence-electron chi connectivity index (χ4n) is 0.401. The van der Waals surface area contributed by atoms with Crippen molar-refractivity contribution in [3.05, 3.63) is 11.7 Å². The topological polar surface area (TPSA) is 38.9 Å². The van der Waals surface area contributed by atoms with Crippen LogP contribution in [0.5, 0.6) is 0 Å². The Balaban J connectivity index is 3.04. The van der Waals surface area contributed by atoms with Gasteiger partial charge >= 0.3 is 0 Å². The molecule has 0 aliphatic heterocycles. The van der Waals surface area contributed by atoms with Crippen molar-refractivity contribution in [2.45, 2.75) is 13.8 Å². The highest BCUT2D eigenvalue weighted by Gasteiger charge is 1.89. The molecule has 3 nitrogen and oxygen atoms in total. The van der Waals surface area contributed by atoms with Gasteiger partial charge in [0.05, 0.1) is 0 Å². The van der Waals surface area contributed by atoms with E-state index in [0.29, 0.717) is 11.7 Å². The van der Waals surface area contributed by atoms with Crippen LogP contribution in [0.1, 0.15) is 11.7 Å². The lowest BCUT2D eigenvalue weighted by Crippen LogP contribution is -1.70. The smallest absolute Gasteiger partial charge is 0.223 e. The van der Waals surface area contributed by atoms with Crippen molar-refractivity contribution < 1.29 is 4.52 Å². The van der Waals surface area contributed by atoms with Gasteiger partial charge in [0.2, 0.25) is 5.89 Å². The number of hydrogen-bond donors (Lipinski definition) is 0. The second-order valence-electron chi connectivity index (χ2n) is 1.36. The van der Waals surface area contributed by atoms with Crippen LogP contribution in [-0.2, 0) is 0 Å². The third-order valence-electron chi connectivity index (χ3n) is 0.629. The monoisotopic (exact) mass is 98.0 g/mol. The SMILES string of the molecule is Cc1noc(C)n1. The first-order valence-corrected chi connectivity index (χ1v) is 2.06. The first-order valence-electron chi connectivity index (χ1n) is 2.06. The van der Waals surface area contributed by atoms with Gasteiger partial charge in [0.15, 0.2) is 5.82 Å². The second-order valence-corrected chi connectivity index (χ2v) is 1.36. The summed E-state index contributed by atoms with van der Waals surface area (Å²) in [7, 11) is 0. The van der Waals surface area contributed by atoms with Gasteiger partial charge in [-0.1, -0.05) is 5.16 Å². The molecule has 1 aromatic heterocycles. The molecule has 0 spiro atoms. The van der Waals surface area contributed by atoms with Crippen molar-refractivity contribution in [1.29, 1.82) is 0 Å². The number of aromatic nitrogens is 2. The van der Waals surface area contributed by atoms with Crippen molar-refractivity contribution in [2.24, 2.45) is 0 Å². The summed E-state index contributed by atoms with van der Waals surface area (Å²) in [6.07, 6.45) is 0. The molecule has 0 saturated heterocycles. The summed E-state index contributed by atoms with van der Waals surface area (Å²) in [5, 5.41) is 3.53. The van der Waals surface area contributed by atoms with Crippen LogP contribution >= 0.6 is 0 Å².